The quantitative estimate of drug-likeness (QED) is 0.738. The molecule has 0 radical (unpaired) electrons. The first-order chi connectivity index (χ1) is 10.1. The van der Waals surface area contributed by atoms with Crippen LogP contribution in [0.1, 0.15) is 56.8 Å². The molecule has 2 aromatic rings. The van der Waals surface area contributed by atoms with Crippen LogP contribution in [0.2, 0.25) is 0 Å². The number of hydrogen-bond acceptors (Lipinski definition) is 3. The molecule has 1 aliphatic rings. The molecule has 5 heteroatoms. The van der Waals surface area contributed by atoms with Crippen molar-refractivity contribution in [3.63, 3.8) is 0 Å². The summed E-state index contributed by atoms with van der Waals surface area (Å²) in [6.45, 7) is 4.20. The van der Waals surface area contributed by atoms with Crippen molar-refractivity contribution in [1.82, 2.24) is 14.5 Å². The summed E-state index contributed by atoms with van der Waals surface area (Å²) < 4.78 is 7.51. The van der Waals surface area contributed by atoms with E-state index in [1.54, 1.807) is 7.11 Å². The molecule has 21 heavy (non-hydrogen) atoms. The zero-order valence-corrected chi connectivity index (χ0v) is 13.6. The number of hydrogen-bond donors (Lipinski definition) is 0. The Balaban J connectivity index is 2.12. The number of ether oxygens (including phenoxy) is 1. The molecule has 4 nitrogen and oxygen atoms in total. The minimum atomic E-state index is -0.126. The van der Waals surface area contributed by atoms with Gasteiger partial charge in [-0.25, -0.2) is 4.98 Å². The number of fused-ring (bicyclic) bond motifs is 1. The summed E-state index contributed by atoms with van der Waals surface area (Å²) in [7, 11) is 1.64. The van der Waals surface area contributed by atoms with E-state index in [1.165, 1.54) is 19.3 Å². The minimum absolute atomic E-state index is 0.126. The van der Waals surface area contributed by atoms with Crippen molar-refractivity contribution in [2.24, 2.45) is 5.92 Å². The second-order valence-electron chi connectivity index (χ2n) is 5.89. The average molecular weight is 308 g/mol. The molecule has 0 N–H and O–H groups in total. The van der Waals surface area contributed by atoms with E-state index in [9.17, 15) is 0 Å². The number of halogens is 1. The lowest BCUT2D eigenvalue weighted by Crippen LogP contribution is -2.13. The van der Waals surface area contributed by atoms with Crippen molar-refractivity contribution >= 4 is 22.8 Å². The number of imidazole rings is 1. The lowest BCUT2D eigenvalue weighted by molar-refractivity contribution is 0.395. The Labute approximate surface area is 130 Å². The Morgan fingerprint density at radius 1 is 1.38 bits per heavy atom. The largest absolute Gasteiger partial charge is 0.481 e. The van der Waals surface area contributed by atoms with Gasteiger partial charge in [0.05, 0.1) is 12.5 Å². The Morgan fingerprint density at radius 2 is 2.14 bits per heavy atom. The second kappa shape index (κ2) is 5.84. The zero-order chi connectivity index (χ0) is 15.0. The summed E-state index contributed by atoms with van der Waals surface area (Å²) in [5.74, 6) is 2.40. The Kier molecular flexibility index (Phi) is 4.07. The van der Waals surface area contributed by atoms with Gasteiger partial charge in [-0.2, -0.15) is 4.98 Å². The number of rotatable bonds is 6. The molecule has 1 aliphatic carbocycles. The van der Waals surface area contributed by atoms with Gasteiger partial charge in [-0.1, -0.05) is 19.8 Å². The van der Waals surface area contributed by atoms with Gasteiger partial charge in [0.1, 0.15) is 11.3 Å². The molecule has 0 aliphatic heterocycles. The highest BCUT2D eigenvalue weighted by Crippen LogP contribution is 2.40. The van der Waals surface area contributed by atoms with Crippen LogP contribution in [-0.2, 0) is 0 Å². The maximum atomic E-state index is 6.36. The maximum Gasteiger partial charge on any atom is 0.215 e. The van der Waals surface area contributed by atoms with Crippen molar-refractivity contribution < 1.29 is 4.74 Å². The normalized spacial score (nSPS) is 17.9. The van der Waals surface area contributed by atoms with E-state index < -0.39 is 0 Å². The Morgan fingerprint density at radius 3 is 2.71 bits per heavy atom. The highest BCUT2D eigenvalue weighted by atomic mass is 35.5. The van der Waals surface area contributed by atoms with Crippen LogP contribution in [0.3, 0.4) is 0 Å². The Hall–Kier alpha value is -1.29. The summed E-state index contributed by atoms with van der Waals surface area (Å²) in [6.07, 6.45) is 4.96. The number of methoxy groups -OCH3 is 1. The lowest BCUT2D eigenvalue weighted by atomic mass is 10.1. The molecular weight excluding hydrogens is 286 g/mol. The Bertz CT molecular complexity index is 634. The van der Waals surface area contributed by atoms with Crippen LogP contribution >= 0.6 is 11.6 Å². The number of alkyl halides is 1. The third-order valence-corrected chi connectivity index (χ3v) is 4.44. The van der Waals surface area contributed by atoms with Crippen LogP contribution in [-0.4, -0.2) is 21.6 Å². The number of pyridine rings is 1. The first-order valence-electron chi connectivity index (χ1n) is 7.71. The highest BCUT2D eigenvalue weighted by Gasteiger charge is 2.29. The molecule has 0 saturated heterocycles. The van der Waals surface area contributed by atoms with Crippen LogP contribution < -0.4 is 4.74 Å². The van der Waals surface area contributed by atoms with Crippen molar-refractivity contribution in [3.8, 4) is 5.88 Å². The fourth-order valence-electron chi connectivity index (χ4n) is 2.92. The number of nitrogens with zero attached hydrogens (tertiary/aromatic N) is 3. The van der Waals surface area contributed by atoms with Crippen LogP contribution in [0.25, 0.3) is 11.2 Å². The average Bonchev–Trinajstić information content (AvgIpc) is 3.22. The molecule has 1 fully saturated rings. The molecule has 2 heterocycles. The summed E-state index contributed by atoms with van der Waals surface area (Å²) in [4.78, 5) is 9.31. The van der Waals surface area contributed by atoms with Gasteiger partial charge in [0.25, 0.3) is 0 Å². The van der Waals surface area contributed by atoms with Gasteiger partial charge in [0.15, 0.2) is 5.65 Å². The molecule has 0 aromatic carbocycles. The maximum absolute atomic E-state index is 6.36. The van der Waals surface area contributed by atoms with Crippen LogP contribution in [0.5, 0.6) is 5.88 Å². The van der Waals surface area contributed by atoms with E-state index >= 15 is 0 Å². The monoisotopic (exact) mass is 307 g/mol. The first-order valence-corrected chi connectivity index (χ1v) is 8.14. The second-order valence-corrected chi connectivity index (χ2v) is 6.55. The van der Waals surface area contributed by atoms with Gasteiger partial charge in [-0.3, -0.25) is 0 Å². The summed E-state index contributed by atoms with van der Waals surface area (Å²) in [5, 5.41) is -0.126. The molecule has 2 aromatic heterocycles. The summed E-state index contributed by atoms with van der Waals surface area (Å²) in [6, 6.07) is 4.23. The standard InChI is InChI=1S/C16H22ClN3O/c1-4-12(9-11-5-6-11)20-15(10(2)17)18-13-7-8-14(21-3)19-16(13)20/h7-8,10-12H,4-6,9H2,1-3H3. The molecule has 114 valence electrons. The van der Waals surface area contributed by atoms with Gasteiger partial charge < -0.3 is 9.30 Å². The van der Waals surface area contributed by atoms with Gasteiger partial charge in [0, 0.05) is 12.1 Å². The smallest absolute Gasteiger partial charge is 0.215 e. The molecular formula is C16H22ClN3O. The van der Waals surface area contributed by atoms with E-state index in [1.807, 2.05) is 19.1 Å². The highest BCUT2D eigenvalue weighted by molar-refractivity contribution is 6.20. The van der Waals surface area contributed by atoms with Crippen LogP contribution in [0.15, 0.2) is 12.1 Å². The zero-order valence-electron chi connectivity index (χ0n) is 12.8. The molecule has 2 atom stereocenters. The van der Waals surface area contributed by atoms with E-state index in [4.69, 9.17) is 21.3 Å². The summed E-state index contributed by atoms with van der Waals surface area (Å²) >= 11 is 6.36. The van der Waals surface area contributed by atoms with Crippen molar-refractivity contribution in [3.05, 3.63) is 18.0 Å². The van der Waals surface area contributed by atoms with Crippen molar-refractivity contribution in [1.29, 1.82) is 0 Å². The molecule has 0 spiro atoms. The molecule has 0 amide bonds. The first kappa shape index (κ1) is 14.6. The number of aromatic nitrogens is 3. The van der Waals surface area contributed by atoms with Gasteiger partial charge in [-0.05, 0) is 31.7 Å². The third kappa shape index (κ3) is 2.86. The predicted molar refractivity (Wildman–Crippen MR) is 85.0 cm³/mol. The minimum Gasteiger partial charge on any atom is -0.481 e. The molecule has 3 rings (SSSR count). The van der Waals surface area contributed by atoms with E-state index in [0.29, 0.717) is 11.9 Å². The van der Waals surface area contributed by atoms with Gasteiger partial charge >= 0.3 is 0 Å². The van der Waals surface area contributed by atoms with Gasteiger partial charge in [-0.15, -0.1) is 11.6 Å². The van der Waals surface area contributed by atoms with Crippen molar-refractivity contribution in [2.45, 2.75) is 50.9 Å². The fourth-order valence-corrected chi connectivity index (χ4v) is 3.08. The molecule has 1 saturated carbocycles. The van der Waals surface area contributed by atoms with Crippen LogP contribution in [0, 0.1) is 5.92 Å². The lowest BCUT2D eigenvalue weighted by Gasteiger charge is -2.20. The van der Waals surface area contributed by atoms with E-state index in [0.717, 1.165) is 29.3 Å². The van der Waals surface area contributed by atoms with E-state index in [2.05, 4.69) is 16.5 Å². The van der Waals surface area contributed by atoms with Gasteiger partial charge in [0.2, 0.25) is 5.88 Å². The third-order valence-electron chi connectivity index (χ3n) is 4.24. The van der Waals surface area contributed by atoms with Crippen LogP contribution in [0.4, 0.5) is 0 Å². The van der Waals surface area contributed by atoms with E-state index in [-0.39, 0.29) is 5.38 Å². The summed E-state index contributed by atoms with van der Waals surface area (Å²) in [5.41, 5.74) is 1.79. The molecule has 2 unspecified atom stereocenters. The molecule has 0 bridgehead atoms. The fraction of sp³-hybridized carbons (Fsp3) is 0.625. The predicted octanol–water partition coefficient (Wildman–Crippen LogP) is 4.49. The van der Waals surface area contributed by atoms with Crippen molar-refractivity contribution in [2.75, 3.05) is 7.11 Å². The SMILES string of the molecule is CCC(CC1CC1)n1c(C(C)Cl)nc2ccc(OC)nc21. The topological polar surface area (TPSA) is 39.9 Å².